The van der Waals surface area contributed by atoms with E-state index < -0.39 is 0 Å². The topological polar surface area (TPSA) is 21.3 Å². The van der Waals surface area contributed by atoms with E-state index in [4.69, 9.17) is 16.3 Å². The van der Waals surface area contributed by atoms with Crippen molar-refractivity contribution in [1.29, 1.82) is 0 Å². The average molecular weight is 284 g/mol. The van der Waals surface area contributed by atoms with Crippen LogP contribution in [0.15, 0.2) is 18.2 Å². The number of ether oxygens (including phenoxy) is 1. The zero-order valence-corrected chi connectivity index (χ0v) is 13.3. The fourth-order valence-corrected chi connectivity index (χ4v) is 2.71. The molecular weight excluding hydrogens is 258 g/mol. The van der Waals surface area contributed by atoms with Gasteiger partial charge in [0, 0.05) is 6.04 Å². The van der Waals surface area contributed by atoms with E-state index in [0.29, 0.717) is 17.0 Å². The van der Waals surface area contributed by atoms with Gasteiger partial charge in [-0.15, -0.1) is 0 Å². The average Bonchev–Trinajstić information content (AvgIpc) is 2.39. The maximum atomic E-state index is 6.24. The molecule has 0 spiro atoms. The number of hydrogen-bond acceptors (Lipinski definition) is 2. The van der Waals surface area contributed by atoms with Crippen LogP contribution in [0.25, 0.3) is 0 Å². The molecule has 0 radical (unpaired) electrons. The van der Waals surface area contributed by atoms with Crippen molar-refractivity contribution in [3.63, 3.8) is 0 Å². The van der Waals surface area contributed by atoms with Crippen molar-refractivity contribution in [1.82, 2.24) is 5.32 Å². The first-order valence-corrected chi connectivity index (χ1v) is 7.58. The van der Waals surface area contributed by atoms with Gasteiger partial charge < -0.3 is 10.1 Å². The lowest BCUT2D eigenvalue weighted by Gasteiger charge is -2.26. The van der Waals surface area contributed by atoms with Crippen LogP contribution in [0.4, 0.5) is 0 Å². The summed E-state index contributed by atoms with van der Waals surface area (Å²) >= 11 is 6.24. The van der Waals surface area contributed by atoms with Crippen LogP contribution in [-0.4, -0.2) is 13.7 Å². The van der Waals surface area contributed by atoms with Gasteiger partial charge in [-0.25, -0.2) is 0 Å². The van der Waals surface area contributed by atoms with E-state index in [1.165, 1.54) is 18.4 Å². The predicted octanol–water partition coefficient (Wildman–Crippen LogP) is 4.83. The zero-order chi connectivity index (χ0) is 14.3. The molecule has 0 fully saturated rings. The quantitative estimate of drug-likeness (QED) is 0.738. The second-order valence-corrected chi connectivity index (χ2v) is 5.50. The van der Waals surface area contributed by atoms with Crippen molar-refractivity contribution in [3.05, 3.63) is 28.8 Å². The number of hydrogen-bond donors (Lipinski definition) is 1. The molecule has 0 aromatic heterocycles. The molecule has 19 heavy (non-hydrogen) atoms. The van der Waals surface area contributed by atoms with Crippen LogP contribution in [0, 0.1) is 5.92 Å². The summed E-state index contributed by atoms with van der Waals surface area (Å²) in [7, 11) is 1.65. The first-order chi connectivity index (χ1) is 9.13. The Morgan fingerprint density at radius 1 is 1.26 bits per heavy atom. The molecule has 2 nitrogen and oxygen atoms in total. The van der Waals surface area contributed by atoms with E-state index >= 15 is 0 Å². The molecule has 0 aliphatic rings. The SMILES string of the molecule is CCCNC(c1ccc(OC)c(Cl)c1)C(C)CCC. The Kier molecular flexibility index (Phi) is 7.25. The molecule has 3 heteroatoms. The lowest BCUT2D eigenvalue weighted by molar-refractivity contribution is 0.362. The lowest BCUT2D eigenvalue weighted by atomic mass is 9.91. The van der Waals surface area contributed by atoms with Gasteiger partial charge in [-0.1, -0.05) is 44.9 Å². The van der Waals surface area contributed by atoms with Crippen LogP contribution in [0.2, 0.25) is 5.02 Å². The summed E-state index contributed by atoms with van der Waals surface area (Å²) in [5, 5.41) is 4.32. The first kappa shape index (κ1) is 16.3. The zero-order valence-electron chi connectivity index (χ0n) is 12.5. The predicted molar refractivity (Wildman–Crippen MR) is 83.1 cm³/mol. The third-order valence-corrected chi connectivity index (χ3v) is 3.76. The summed E-state index contributed by atoms with van der Waals surface area (Å²) in [5.41, 5.74) is 1.25. The number of rotatable bonds is 8. The van der Waals surface area contributed by atoms with Crippen molar-refractivity contribution in [2.75, 3.05) is 13.7 Å². The monoisotopic (exact) mass is 283 g/mol. The van der Waals surface area contributed by atoms with E-state index in [0.717, 1.165) is 18.7 Å². The molecule has 0 saturated carbocycles. The summed E-state index contributed by atoms with van der Waals surface area (Å²) in [6.45, 7) is 7.75. The van der Waals surface area contributed by atoms with E-state index in [9.17, 15) is 0 Å². The minimum atomic E-state index is 0.364. The van der Waals surface area contributed by atoms with Gasteiger partial charge in [-0.3, -0.25) is 0 Å². The summed E-state index contributed by atoms with van der Waals surface area (Å²) in [4.78, 5) is 0. The van der Waals surface area contributed by atoms with Crippen molar-refractivity contribution in [2.24, 2.45) is 5.92 Å². The number of benzene rings is 1. The molecule has 2 unspecified atom stereocenters. The van der Waals surface area contributed by atoms with Crippen LogP contribution >= 0.6 is 11.6 Å². The van der Waals surface area contributed by atoms with Crippen molar-refractivity contribution >= 4 is 11.6 Å². The van der Waals surface area contributed by atoms with E-state index in [1.54, 1.807) is 7.11 Å². The molecule has 1 aromatic rings. The molecular formula is C16H26ClNO. The largest absolute Gasteiger partial charge is 0.495 e. The second-order valence-electron chi connectivity index (χ2n) is 5.09. The maximum absolute atomic E-state index is 6.24. The van der Waals surface area contributed by atoms with Crippen molar-refractivity contribution in [2.45, 2.75) is 46.1 Å². The summed E-state index contributed by atoms with van der Waals surface area (Å²) < 4.78 is 5.22. The Labute approximate surface area is 122 Å². The number of halogens is 1. The molecule has 0 aliphatic heterocycles. The van der Waals surface area contributed by atoms with Gasteiger partial charge in [0.2, 0.25) is 0 Å². The van der Waals surface area contributed by atoms with E-state index in [-0.39, 0.29) is 0 Å². The molecule has 0 saturated heterocycles. The van der Waals surface area contributed by atoms with Crippen LogP contribution in [0.3, 0.4) is 0 Å². The fraction of sp³-hybridized carbons (Fsp3) is 0.625. The lowest BCUT2D eigenvalue weighted by Crippen LogP contribution is -2.27. The molecule has 1 aromatic carbocycles. The third-order valence-electron chi connectivity index (χ3n) is 3.46. The molecule has 1 rings (SSSR count). The molecule has 0 heterocycles. The molecule has 0 aliphatic carbocycles. The fourth-order valence-electron chi connectivity index (χ4n) is 2.45. The Hall–Kier alpha value is -0.730. The van der Waals surface area contributed by atoms with Crippen LogP contribution in [0.5, 0.6) is 5.75 Å². The van der Waals surface area contributed by atoms with Crippen LogP contribution in [0.1, 0.15) is 51.6 Å². The molecule has 108 valence electrons. The smallest absolute Gasteiger partial charge is 0.137 e. The summed E-state index contributed by atoms with van der Waals surface area (Å²) in [6, 6.07) is 6.46. The van der Waals surface area contributed by atoms with Crippen molar-refractivity contribution in [3.8, 4) is 5.75 Å². The third kappa shape index (κ3) is 4.70. The van der Waals surface area contributed by atoms with Crippen LogP contribution in [-0.2, 0) is 0 Å². The normalized spacial score (nSPS) is 14.2. The molecule has 1 N–H and O–H groups in total. The van der Waals surface area contributed by atoms with Crippen LogP contribution < -0.4 is 10.1 Å². The van der Waals surface area contributed by atoms with Gasteiger partial charge in [-0.05, 0) is 43.0 Å². The summed E-state index contributed by atoms with van der Waals surface area (Å²) in [5.74, 6) is 1.34. The van der Waals surface area contributed by atoms with E-state index in [1.807, 2.05) is 12.1 Å². The highest BCUT2D eigenvalue weighted by Crippen LogP contribution is 2.31. The van der Waals surface area contributed by atoms with Gasteiger partial charge in [0.15, 0.2) is 0 Å². The highest BCUT2D eigenvalue weighted by Gasteiger charge is 2.19. The Bertz CT molecular complexity index is 381. The maximum Gasteiger partial charge on any atom is 0.137 e. The highest BCUT2D eigenvalue weighted by molar-refractivity contribution is 6.32. The highest BCUT2D eigenvalue weighted by atomic mass is 35.5. The molecule has 0 amide bonds. The standard InChI is InChI=1S/C16H26ClNO/c1-5-7-12(3)16(18-10-6-2)13-8-9-15(19-4)14(17)11-13/h8-9,11-12,16,18H,5-7,10H2,1-4H3. The van der Waals surface area contributed by atoms with E-state index in [2.05, 4.69) is 32.2 Å². The summed E-state index contributed by atoms with van der Waals surface area (Å²) in [6.07, 6.45) is 3.56. The Morgan fingerprint density at radius 3 is 2.53 bits per heavy atom. The number of methoxy groups -OCH3 is 1. The number of nitrogens with one attached hydrogen (secondary N) is 1. The molecule has 0 bridgehead atoms. The Morgan fingerprint density at radius 2 is 2.00 bits per heavy atom. The van der Waals surface area contributed by atoms with Crippen molar-refractivity contribution < 1.29 is 4.74 Å². The van der Waals surface area contributed by atoms with Gasteiger partial charge in [-0.2, -0.15) is 0 Å². The van der Waals surface area contributed by atoms with Gasteiger partial charge >= 0.3 is 0 Å². The van der Waals surface area contributed by atoms with Gasteiger partial charge in [0.25, 0.3) is 0 Å². The molecule has 2 atom stereocenters. The minimum absolute atomic E-state index is 0.364. The Balaban J connectivity index is 2.92. The second kappa shape index (κ2) is 8.44. The van der Waals surface area contributed by atoms with Gasteiger partial charge in [0.05, 0.1) is 12.1 Å². The van der Waals surface area contributed by atoms with Gasteiger partial charge in [0.1, 0.15) is 5.75 Å². The first-order valence-electron chi connectivity index (χ1n) is 7.20. The minimum Gasteiger partial charge on any atom is -0.495 e.